The normalized spacial score (nSPS) is 16.1. The van der Waals surface area contributed by atoms with Gasteiger partial charge in [0.25, 0.3) is 0 Å². The Kier molecular flexibility index (Phi) is 5.44. The summed E-state index contributed by atoms with van der Waals surface area (Å²) in [5.41, 5.74) is 0.869. The number of carbonyl (C=O) groups is 1. The lowest BCUT2D eigenvalue weighted by molar-refractivity contribution is -0.130. The molecule has 21 heavy (non-hydrogen) atoms. The Morgan fingerprint density at radius 1 is 1.24 bits per heavy atom. The number of carbonyl (C=O) groups excluding carboxylic acids is 1. The van der Waals surface area contributed by atoms with Crippen LogP contribution in [-0.2, 0) is 4.79 Å². The second-order valence-corrected chi connectivity index (χ2v) is 5.70. The maximum atomic E-state index is 12.2. The SMILES string of the molecule is CC(C)Oc1ccccc1NCC(=O)N1CCN(C)CC1. The number of nitrogens with zero attached hydrogens (tertiary/aromatic N) is 2. The van der Waals surface area contributed by atoms with Crippen LogP contribution >= 0.6 is 0 Å². The Hall–Kier alpha value is -1.75. The van der Waals surface area contributed by atoms with Gasteiger partial charge in [-0.05, 0) is 33.0 Å². The summed E-state index contributed by atoms with van der Waals surface area (Å²) in [6.45, 7) is 7.79. The average molecular weight is 291 g/mol. The molecule has 2 rings (SSSR count). The first-order chi connectivity index (χ1) is 10.1. The lowest BCUT2D eigenvalue weighted by Crippen LogP contribution is -2.48. The van der Waals surface area contributed by atoms with E-state index < -0.39 is 0 Å². The van der Waals surface area contributed by atoms with Crippen LogP contribution in [0, 0.1) is 0 Å². The molecule has 0 bridgehead atoms. The molecule has 1 aromatic rings. The summed E-state index contributed by atoms with van der Waals surface area (Å²) in [4.78, 5) is 16.4. The molecule has 1 aliphatic heterocycles. The van der Waals surface area contributed by atoms with Gasteiger partial charge in [-0.25, -0.2) is 0 Å². The van der Waals surface area contributed by atoms with Crippen molar-refractivity contribution in [2.24, 2.45) is 0 Å². The zero-order valence-electron chi connectivity index (χ0n) is 13.1. The van der Waals surface area contributed by atoms with Crippen molar-refractivity contribution in [2.45, 2.75) is 20.0 Å². The van der Waals surface area contributed by atoms with Crippen LogP contribution in [0.1, 0.15) is 13.8 Å². The number of para-hydroxylation sites is 2. The predicted octanol–water partition coefficient (Wildman–Crippen LogP) is 1.66. The summed E-state index contributed by atoms with van der Waals surface area (Å²) in [6.07, 6.45) is 0.112. The van der Waals surface area contributed by atoms with Crippen molar-refractivity contribution in [1.82, 2.24) is 9.80 Å². The molecule has 5 heteroatoms. The van der Waals surface area contributed by atoms with Crippen molar-refractivity contribution in [3.05, 3.63) is 24.3 Å². The van der Waals surface area contributed by atoms with E-state index in [0.29, 0.717) is 6.54 Å². The smallest absolute Gasteiger partial charge is 0.241 e. The van der Waals surface area contributed by atoms with Gasteiger partial charge >= 0.3 is 0 Å². The number of ether oxygens (including phenoxy) is 1. The standard InChI is InChI=1S/C16H25N3O2/c1-13(2)21-15-7-5-4-6-14(15)17-12-16(20)19-10-8-18(3)9-11-19/h4-7,13,17H,8-12H2,1-3H3. The van der Waals surface area contributed by atoms with Gasteiger partial charge in [-0.3, -0.25) is 4.79 Å². The third-order valence-corrected chi connectivity index (χ3v) is 3.54. The minimum Gasteiger partial charge on any atom is -0.489 e. The lowest BCUT2D eigenvalue weighted by Gasteiger charge is -2.32. The van der Waals surface area contributed by atoms with E-state index in [1.807, 2.05) is 43.0 Å². The topological polar surface area (TPSA) is 44.8 Å². The van der Waals surface area contributed by atoms with Crippen molar-refractivity contribution in [3.63, 3.8) is 0 Å². The first-order valence-electron chi connectivity index (χ1n) is 7.52. The fourth-order valence-corrected chi connectivity index (χ4v) is 2.31. The molecule has 1 fully saturated rings. The van der Waals surface area contributed by atoms with Gasteiger partial charge in [0, 0.05) is 26.2 Å². The first kappa shape index (κ1) is 15.6. The van der Waals surface area contributed by atoms with E-state index in [1.165, 1.54) is 0 Å². The molecule has 1 amide bonds. The average Bonchev–Trinajstić information content (AvgIpc) is 2.46. The highest BCUT2D eigenvalue weighted by Gasteiger charge is 2.18. The Morgan fingerprint density at radius 2 is 1.90 bits per heavy atom. The van der Waals surface area contributed by atoms with Gasteiger partial charge in [0.2, 0.25) is 5.91 Å². The highest BCUT2D eigenvalue weighted by atomic mass is 16.5. The number of rotatable bonds is 5. The molecule has 0 unspecified atom stereocenters. The van der Waals surface area contributed by atoms with E-state index in [2.05, 4.69) is 17.3 Å². The Labute approximate surface area is 126 Å². The maximum Gasteiger partial charge on any atom is 0.241 e. The number of hydrogen-bond donors (Lipinski definition) is 1. The van der Waals surface area contributed by atoms with Gasteiger partial charge in [-0.1, -0.05) is 12.1 Å². The number of anilines is 1. The minimum atomic E-state index is 0.112. The highest BCUT2D eigenvalue weighted by Crippen LogP contribution is 2.24. The third-order valence-electron chi connectivity index (χ3n) is 3.54. The number of nitrogens with one attached hydrogen (secondary N) is 1. The second kappa shape index (κ2) is 7.31. The van der Waals surface area contributed by atoms with Crippen molar-refractivity contribution >= 4 is 11.6 Å². The lowest BCUT2D eigenvalue weighted by atomic mass is 10.2. The Balaban J connectivity index is 1.89. The maximum absolute atomic E-state index is 12.2. The molecular weight excluding hydrogens is 266 g/mol. The Bertz CT molecular complexity index is 468. The summed E-state index contributed by atoms with van der Waals surface area (Å²) < 4.78 is 5.74. The molecule has 0 spiro atoms. The molecule has 116 valence electrons. The van der Waals surface area contributed by atoms with Gasteiger partial charge < -0.3 is 19.9 Å². The molecule has 0 atom stereocenters. The molecule has 0 aliphatic carbocycles. The van der Waals surface area contributed by atoms with E-state index >= 15 is 0 Å². The number of likely N-dealkylation sites (N-methyl/N-ethyl adjacent to an activating group) is 1. The highest BCUT2D eigenvalue weighted by molar-refractivity contribution is 5.81. The van der Waals surface area contributed by atoms with Crippen LogP contribution in [0.5, 0.6) is 5.75 Å². The van der Waals surface area contributed by atoms with Crippen LogP contribution in [0.3, 0.4) is 0 Å². The number of amides is 1. The molecule has 0 radical (unpaired) electrons. The first-order valence-corrected chi connectivity index (χ1v) is 7.52. The van der Waals surface area contributed by atoms with E-state index in [4.69, 9.17) is 4.74 Å². The predicted molar refractivity (Wildman–Crippen MR) is 84.8 cm³/mol. The molecule has 1 N–H and O–H groups in total. The minimum absolute atomic E-state index is 0.112. The van der Waals surface area contributed by atoms with E-state index in [0.717, 1.165) is 37.6 Å². The second-order valence-electron chi connectivity index (χ2n) is 5.70. The summed E-state index contributed by atoms with van der Waals surface area (Å²) >= 11 is 0. The van der Waals surface area contributed by atoms with E-state index in [-0.39, 0.29) is 12.0 Å². The van der Waals surface area contributed by atoms with Gasteiger partial charge in [0.05, 0.1) is 18.3 Å². The largest absolute Gasteiger partial charge is 0.489 e. The van der Waals surface area contributed by atoms with Crippen LogP contribution in [0.15, 0.2) is 24.3 Å². The monoisotopic (exact) mass is 291 g/mol. The number of hydrogen-bond acceptors (Lipinski definition) is 4. The van der Waals surface area contributed by atoms with Gasteiger partial charge in [0.1, 0.15) is 5.75 Å². The van der Waals surface area contributed by atoms with E-state index in [9.17, 15) is 4.79 Å². The zero-order valence-corrected chi connectivity index (χ0v) is 13.1. The van der Waals surface area contributed by atoms with Crippen LogP contribution in [0.4, 0.5) is 5.69 Å². The van der Waals surface area contributed by atoms with Gasteiger partial charge in [-0.2, -0.15) is 0 Å². The Morgan fingerprint density at radius 3 is 2.57 bits per heavy atom. The van der Waals surface area contributed by atoms with Crippen LogP contribution < -0.4 is 10.1 Å². The fourth-order valence-electron chi connectivity index (χ4n) is 2.31. The van der Waals surface area contributed by atoms with Crippen LogP contribution in [0.2, 0.25) is 0 Å². The number of piperazine rings is 1. The summed E-state index contributed by atoms with van der Waals surface area (Å²) in [6, 6.07) is 7.73. The molecule has 1 heterocycles. The molecule has 5 nitrogen and oxygen atoms in total. The third kappa shape index (κ3) is 4.63. The summed E-state index contributed by atoms with van der Waals surface area (Å²) in [5.74, 6) is 0.932. The molecular formula is C16H25N3O2. The van der Waals surface area contributed by atoms with Crippen molar-refractivity contribution in [2.75, 3.05) is 45.1 Å². The molecule has 1 aromatic carbocycles. The molecule has 0 saturated carbocycles. The quantitative estimate of drug-likeness (QED) is 0.896. The zero-order chi connectivity index (χ0) is 15.2. The van der Waals surface area contributed by atoms with Gasteiger partial charge in [-0.15, -0.1) is 0 Å². The van der Waals surface area contributed by atoms with Crippen LogP contribution in [0.25, 0.3) is 0 Å². The van der Waals surface area contributed by atoms with Crippen molar-refractivity contribution in [1.29, 1.82) is 0 Å². The van der Waals surface area contributed by atoms with E-state index in [1.54, 1.807) is 0 Å². The molecule has 0 aromatic heterocycles. The summed E-state index contributed by atoms with van der Waals surface area (Å²) in [5, 5.41) is 3.20. The van der Waals surface area contributed by atoms with Crippen molar-refractivity contribution in [3.8, 4) is 5.75 Å². The van der Waals surface area contributed by atoms with Crippen LogP contribution in [-0.4, -0.2) is 61.6 Å². The van der Waals surface area contributed by atoms with Crippen molar-refractivity contribution < 1.29 is 9.53 Å². The fraction of sp³-hybridized carbons (Fsp3) is 0.562. The summed E-state index contributed by atoms with van der Waals surface area (Å²) in [7, 11) is 2.08. The molecule has 1 saturated heterocycles. The van der Waals surface area contributed by atoms with Gasteiger partial charge in [0.15, 0.2) is 0 Å². The number of benzene rings is 1. The molecule has 1 aliphatic rings.